The number of Topliss-reactive ketones (excluding diaryl/α,β-unsaturated/α-hetero) is 1. The second kappa shape index (κ2) is 5.71. The highest BCUT2D eigenvalue weighted by Crippen LogP contribution is 2.22. The minimum Gasteiger partial charge on any atom is -0.294 e. The molecule has 0 spiro atoms. The van der Waals surface area contributed by atoms with Gasteiger partial charge in [0.1, 0.15) is 11.6 Å². The fourth-order valence-electron chi connectivity index (χ4n) is 2.12. The summed E-state index contributed by atoms with van der Waals surface area (Å²) < 4.78 is 27.1. The Morgan fingerprint density at radius 1 is 1.10 bits per heavy atom. The first-order chi connectivity index (χ1) is 9.40. The lowest BCUT2D eigenvalue weighted by Gasteiger charge is -2.09. The normalized spacial score (nSPS) is 10.7. The molecule has 0 bridgehead atoms. The van der Waals surface area contributed by atoms with Crippen LogP contribution in [0.1, 0.15) is 27.0 Å². The number of carbonyl (C=O) groups excluding carboxylic acids is 1. The molecule has 0 saturated carbocycles. The molecule has 0 amide bonds. The lowest BCUT2D eigenvalue weighted by atomic mass is 9.95. The van der Waals surface area contributed by atoms with E-state index in [0.717, 1.165) is 28.8 Å². The van der Waals surface area contributed by atoms with E-state index >= 15 is 0 Å². The van der Waals surface area contributed by atoms with Crippen LogP contribution in [0.15, 0.2) is 30.3 Å². The van der Waals surface area contributed by atoms with Crippen LogP contribution in [0.5, 0.6) is 0 Å². The Bertz CT molecular complexity index is 660. The van der Waals surface area contributed by atoms with E-state index in [-0.39, 0.29) is 17.0 Å². The van der Waals surface area contributed by atoms with E-state index in [0.29, 0.717) is 0 Å². The number of halogens is 3. The zero-order valence-corrected chi connectivity index (χ0v) is 11.9. The number of hydrogen-bond donors (Lipinski definition) is 0. The molecule has 4 heteroatoms. The zero-order valence-electron chi connectivity index (χ0n) is 11.1. The van der Waals surface area contributed by atoms with Crippen LogP contribution in [-0.4, -0.2) is 5.78 Å². The molecule has 2 aromatic carbocycles. The van der Waals surface area contributed by atoms with Gasteiger partial charge in [-0.25, -0.2) is 8.78 Å². The van der Waals surface area contributed by atoms with Crippen molar-refractivity contribution in [1.29, 1.82) is 0 Å². The molecule has 0 unspecified atom stereocenters. The first-order valence-corrected chi connectivity index (χ1v) is 6.50. The van der Waals surface area contributed by atoms with Gasteiger partial charge in [-0.15, -0.1) is 0 Å². The first-order valence-electron chi connectivity index (χ1n) is 6.13. The van der Waals surface area contributed by atoms with E-state index in [2.05, 4.69) is 0 Å². The Morgan fingerprint density at radius 3 is 2.30 bits per heavy atom. The van der Waals surface area contributed by atoms with Gasteiger partial charge in [-0.05, 0) is 42.7 Å². The van der Waals surface area contributed by atoms with E-state index in [1.165, 1.54) is 0 Å². The van der Waals surface area contributed by atoms with Crippen molar-refractivity contribution < 1.29 is 13.6 Å². The molecule has 2 aromatic rings. The molecule has 0 aliphatic rings. The predicted octanol–water partition coefficient (Wildman–Crippen LogP) is 4.66. The molecular weight excluding hydrogens is 282 g/mol. The minimum atomic E-state index is -0.798. The largest absolute Gasteiger partial charge is 0.294 e. The van der Waals surface area contributed by atoms with Crippen LogP contribution < -0.4 is 0 Å². The maximum Gasteiger partial charge on any atom is 0.170 e. The summed E-state index contributed by atoms with van der Waals surface area (Å²) in [7, 11) is 0. The third kappa shape index (κ3) is 2.88. The molecule has 0 atom stereocenters. The SMILES string of the molecule is Cc1cccc(C)c1CC(=O)c1cc(F)c(Cl)cc1F. The molecule has 0 fully saturated rings. The number of rotatable bonds is 3. The number of carbonyl (C=O) groups is 1. The molecule has 0 aromatic heterocycles. The van der Waals surface area contributed by atoms with Crippen molar-refractivity contribution in [3.05, 3.63) is 69.2 Å². The van der Waals surface area contributed by atoms with Gasteiger partial charge in [0.25, 0.3) is 0 Å². The minimum absolute atomic E-state index is 0.0382. The van der Waals surface area contributed by atoms with Crippen molar-refractivity contribution >= 4 is 17.4 Å². The molecule has 20 heavy (non-hydrogen) atoms. The quantitative estimate of drug-likeness (QED) is 0.594. The molecular formula is C16H13ClF2O. The lowest BCUT2D eigenvalue weighted by molar-refractivity contribution is 0.0988. The fourth-order valence-corrected chi connectivity index (χ4v) is 2.27. The van der Waals surface area contributed by atoms with Crippen LogP contribution in [0, 0.1) is 25.5 Å². The summed E-state index contributed by atoms with van der Waals surface area (Å²) in [5.41, 5.74) is 2.48. The van der Waals surface area contributed by atoms with Crippen LogP contribution >= 0.6 is 11.6 Å². The molecule has 0 saturated heterocycles. The van der Waals surface area contributed by atoms with Gasteiger partial charge in [0.15, 0.2) is 5.78 Å². The van der Waals surface area contributed by atoms with Crippen LogP contribution in [0.3, 0.4) is 0 Å². The Balaban J connectivity index is 2.36. The van der Waals surface area contributed by atoms with Gasteiger partial charge in [-0.2, -0.15) is 0 Å². The molecule has 2 rings (SSSR count). The van der Waals surface area contributed by atoms with Gasteiger partial charge in [-0.3, -0.25) is 4.79 Å². The van der Waals surface area contributed by atoms with E-state index < -0.39 is 17.4 Å². The Kier molecular flexibility index (Phi) is 4.19. The average Bonchev–Trinajstić information content (AvgIpc) is 2.38. The summed E-state index contributed by atoms with van der Waals surface area (Å²) in [6.07, 6.45) is 0.0382. The summed E-state index contributed by atoms with van der Waals surface area (Å²) in [6, 6.07) is 7.34. The van der Waals surface area contributed by atoms with Crippen molar-refractivity contribution in [3.63, 3.8) is 0 Å². The molecule has 0 aliphatic carbocycles. The summed E-state index contributed by atoms with van der Waals surface area (Å²) >= 11 is 5.47. The Morgan fingerprint density at radius 2 is 1.70 bits per heavy atom. The maximum absolute atomic E-state index is 13.7. The molecule has 1 nitrogen and oxygen atoms in total. The smallest absolute Gasteiger partial charge is 0.170 e. The van der Waals surface area contributed by atoms with Crippen molar-refractivity contribution in [2.75, 3.05) is 0 Å². The third-order valence-corrected chi connectivity index (χ3v) is 3.58. The fraction of sp³-hybridized carbons (Fsp3) is 0.188. The van der Waals surface area contributed by atoms with Gasteiger partial charge >= 0.3 is 0 Å². The second-order valence-corrected chi connectivity index (χ2v) is 5.12. The van der Waals surface area contributed by atoms with Crippen LogP contribution in [-0.2, 0) is 6.42 Å². The Hall–Kier alpha value is -1.74. The van der Waals surface area contributed by atoms with Gasteiger partial charge in [0, 0.05) is 6.42 Å². The molecule has 0 heterocycles. The van der Waals surface area contributed by atoms with Crippen LogP contribution in [0.25, 0.3) is 0 Å². The van der Waals surface area contributed by atoms with Crippen molar-refractivity contribution in [3.8, 4) is 0 Å². The highest BCUT2D eigenvalue weighted by atomic mass is 35.5. The van der Waals surface area contributed by atoms with Crippen molar-refractivity contribution in [2.45, 2.75) is 20.3 Å². The van der Waals surface area contributed by atoms with Crippen LogP contribution in [0.4, 0.5) is 8.78 Å². The topological polar surface area (TPSA) is 17.1 Å². The summed E-state index contributed by atoms with van der Waals surface area (Å²) in [5, 5.41) is -0.328. The van der Waals surface area contributed by atoms with E-state index in [1.54, 1.807) is 0 Å². The lowest BCUT2D eigenvalue weighted by Crippen LogP contribution is -2.09. The number of ketones is 1. The van der Waals surface area contributed by atoms with Gasteiger partial charge < -0.3 is 0 Å². The first kappa shape index (κ1) is 14.7. The van der Waals surface area contributed by atoms with Crippen molar-refractivity contribution in [2.24, 2.45) is 0 Å². The van der Waals surface area contributed by atoms with Gasteiger partial charge in [-0.1, -0.05) is 29.8 Å². The third-order valence-electron chi connectivity index (χ3n) is 3.29. The van der Waals surface area contributed by atoms with Crippen LogP contribution in [0.2, 0.25) is 5.02 Å². The standard InChI is InChI=1S/C16H13ClF2O/c1-9-4-3-5-10(2)11(9)7-16(20)12-6-15(19)13(17)8-14(12)18/h3-6,8H,7H2,1-2H3. The predicted molar refractivity (Wildman–Crippen MR) is 75.3 cm³/mol. The van der Waals surface area contributed by atoms with Gasteiger partial charge in [0.2, 0.25) is 0 Å². The van der Waals surface area contributed by atoms with E-state index in [9.17, 15) is 13.6 Å². The summed E-state index contributed by atoms with van der Waals surface area (Å²) in [5.74, 6) is -2.05. The zero-order chi connectivity index (χ0) is 14.9. The molecule has 104 valence electrons. The van der Waals surface area contributed by atoms with Crippen molar-refractivity contribution in [1.82, 2.24) is 0 Å². The molecule has 0 aliphatic heterocycles. The average molecular weight is 295 g/mol. The molecule has 0 radical (unpaired) electrons. The van der Waals surface area contributed by atoms with E-state index in [4.69, 9.17) is 11.6 Å². The summed E-state index contributed by atoms with van der Waals surface area (Å²) in [4.78, 5) is 12.2. The highest BCUT2D eigenvalue weighted by Gasteiger charge is 2.17. The van der Waals surface area contributed by atoms with Gasteiger partial charge in [0.05, 0.1) is 10.6 Å². The highest BCUT2D eigenvalue weighted by molar-refractivity contribution is 6.30. The summed E-state index contributed by atoms with van der Waals surface area (Å²) in [6.45, 7) is 3.77. The second-order valence-electron chi connectivity index (χ2n) is 4.72. The maximum atomic E-state index is 13.7. The number of hydrogen-bond acceptors (Lipinski definition) is 1. The van der Waals surface area contributed by atoms with E-state index in [1.807, 2.05) is 32.0 Å². The number of aryl methyl sites for hydroxylation is 2. The monoisotopic (exact) mass is 294 g/mol. The molecule has 0 N–H and O–H groups in total. The Labute approximate surface area is 121 Å². The number of benzene rings is 2.